The Balaban J connectivity index is 1.52. The molecule has 0 radical (unpaired) electrons. The van der Waals surface area contributed by atoms with Crippen LogP contribution in [0.3, 0.4) is 0 Å². The smallest absolute Gasteiger partial charge is 0.329 e. The van der Waals surface area contributed by atoms with Gasteiger partial charge in [-0.25, -0.2) is 9.18 Å². The van der Waals surface area contributed by atoms with Crippen molar-refractivity contribution in [1.82, 2.24) is 10.2 Å². The van der Waals surface area contributed by atoms with Crippen LogP contribution in [0.2, 0.25) is 0 Å². The summed E-state index contributed by atoms with van der Waals surface area (Å²) >= 11 is 0. The average Bonchev–Trinajstić information content (AvgIpc) is 3.14. The summed E-state index contributed by atoms with van der Waals surface area (Å²) in [5, 5.41) is 14.0. The summed E-state index contributed by atoms with van der Waals surface area (Å²) in [5.74, 6) is -2.94. The van der Waals surface area contributed by atoms with Crippen molar-refractivity contribution in [1.29, 1.82) is 0 Å². The van der Waals surface area contributed by atoms with E-state index in [4.69, 9.17) is 9.84 Å². The van der Waals surface area contributed by atoms with Gasteiger partial charge in [-0.1, -0.05) is 24.3 Å². The van der Waals surface area contributed by atoms with Gasteiger partial charge in [-0.05, 0) is 30.2 Å². The van der Waals surface area contributed by atoms with Crippen LogP contribution in [-0.4, -0.2) is 65.5 Å². The third-order valence-corrected chi connectivity index (χ3v) is 5.38. The summed E-state index contributed by atoms with van der Waals surface area (Å²) in [5.41, 5.74) is 1.42. The zero-order valence-corrected chi connectivity index (χ0v) is 16.8. The quantitative estimate of drug-likeness (QED) is 0.620. The second-order valence-electron chi connectivity index (χ2n) is 7.59. The lowest BCUT2D eigenvalue weighted by Gasteiger charge is -2.20. The molecule has 2 aromatic carbocycles. The number of aliphatic carboxylic acids is 1. The van der Waals surface area contributed by atoms with E-state index < -0.39 is 48.9 Å². The Morgan fingerprint density at radius 1 is 1.16 bits per heavy atom. The predicted molar refractivity (Wildman–Crippen MR) is 110 cm³/mol. The Morgan fingerprint density at radius 3 is 2.69 bits per heavy atom. The first-order valence-electron chi connectivity index (χ1n) is 9.93. The van der Waals surface area contributed by atoms with Crippen molar-refractivity contribution in [2.24, 2.45) is 0 Å². The fraction of sp³-hybridized carbons (Fsp3) is 0.273. The molecule has 0 unspecified atom stereocenters. The molecule has 9 nitrogen and oxygen atoms in total. The molecule has 2 aliphatic rings. The maximum atomic E-state index is 14.2. The summed E-state index contributed by atoms with van der Waals surface area (Å²) in [6.45, 7) is -0.942. The molecule has 2 atom stereocenters. The van der Waals surface area contributed by atoms with E-state index in [1.807, 2.05) is 0 Å². The molecule has 2 aliphatic heterocycles. The highest BCUT2D eigenvalue weighted by Gasteiger charge is 2.43. The fourth-order valence-corrected chi connectivity index (χ4v) is 3.98. The molecule has 0 saturated carbocycles. The third kappa shape index (κ3) is 4.30. The number of nitrogens with zero attached hydrogens (tertiary/aromatic N) is 1. The Hall–Kier alpha value is -3.79. The number of carboxylic acids is 1. The minimum Gasteiger partial charge on any atom is -0.480 e. The van der Waals surface area contributed by atoms with Gasteiger partial charge in [-0.3, -0.25) is 14.4 Å². The summed E-state index contributed by atoms with van der Waals surface area (Å²) in [7, 11) is 0. The van der Waals surface area contributed by atoms with Gasteiger partial charge in [0.1, 0.15) is 25.1 Å². The maximum absolute atomic E-state index is 14.2. The molecule has 1 fully saturated rings. The van der Waals surface area contributed by atoms with Crippen molar-refractivity contribution in [2.75, 3.05) is 25.1 Å². The van der Waals surface area contributed by atoms with Gasteiger partial charge in [0.25, 0.3) is 5.91 Å². The second kappa shape index (κ2) is 8.75. The highest BCUT2D eigenvalue weighted by molar-refractivity contribution is 6.10. The normalized spacial score (nSPS) is 19.6. The van der Waals surface area contributed by atoms with Crippen LogP contribution in [0, 0.1) is 5.82 Å². The number of carboxylic acid groups (broad SMARTS) is 1. The van der Waals surface area contributed by atoms with Crippen LogP contribution in [0.5, 0.6) is 0 Å². The average molecular weight is 441 g/mol. The molecular weight excluding hydrogens is 421 g/mol. The number of ether oxygens (including phenoxy) is 1. The number of halogens is 1. The molecule has 10 heteroatoms. The highest BCUT2D eigenvalue weighted by atomic mass is 19.1. The third-order valence-electron chi connectivity index (χ3n) is 5.38. The van der Waals surface area contributed by atoms with E-state index in [1.54, 1.807) is 36.4 Å². The molecule has 3 amide bonds. The van der Waals surface area contributed by atoms with E-state index in [1.165, 1.54) is 11.0 Å². The number of hydrogen-bond donors (Lipinski definition) is 3. The van der Waals surface area contributed by atoms with Crippen molar-refractivity contribution in [2.45, 2.75) is 18.5 Å². The van der Waals surface area contributed by atoms with Crippen molar-refractivity contribution in [3.8, 4) is 11.1 Å². The molecule has 0 aliphatic carbocycles. The number of nitrogens with one attached hydrogen (secondary N) is 2. The number of fused-ring (bicyclic) bond motifs is 2. The number of carbonyl (C=O) groups is 4. The molecule has 32 heavy (non-hydrogen) atoms. The zero-order valence-electron chi connectivity index (χ0n) is 16.8. The Labute approximate surface area is 182 Å². The summed E-state index contributed by atoms with van der Waals surface area (Å²) < 4.78 is 19.0. The SMILES string of the molecule is O=C(O)COCC(=O)N[C@H]1C[C@H]2C(=O)Nc3ccc(-c4ccccc4F)cc3C(=O)N2C1. The minimum atomic E-state index is -1.19. The lowest BCUT2D eigenvalue weighted by molar-refractivity contribution is -0.143. The molecule has 0 aromatic heterocycles. The summed E-state index contributed by atoms with van der Waals surface area (Å²) in [6.07, 6.45) is 0.205. The molecule has 0 spiro atoms. The van der Waals surface area contributed by atoms with E-state index in [0.717, 1.165) is 0 Å². The van der Waals surface area contributed by atoms with Crippen LogP contribution < -0.4 is 10.6 Å². The van der Waals surface area contributed by atoms with Crippen LogP contribution in [0.15, 0.2) is 42.5 Å². The molecule has 166 valence electrons. The van der Waals surface area contributed by atoms with E-state index in [0.29, 0.717) is 16.8 Å². The standard InChI is InChI=1S/C22H20FN3O6/c23-16-4-2-1-3-14(16)12-5-6-17-15(7-12)22(31)26-9-13(8-18(26)21(30)25-17)24-19(27)10-32-11-20(28)29/h1-7,13,18H,8-11H2,(H,24,27)(H,25,30)(H,28,29)/t13-,18-/m0/s1. The second-order valence-corrected chi connectivity index (χ2v) is 7.59. The number of carbonyl (C=O) groups excluding carboxylic acids is 3. The van der Waals surface area contributed by atoms with Gasteiger partial charge in [0.2, 0.25) is 11.8 Å². The van der Waals surface area contributed by atoms with Crippen molar-refractivity contribution < 1.29 is 33.4 Å². The highest BCUT2D eigenvalue weighted by Crippen LogP contribution is 2.32. The van der Waals surface area contributed by atoms with Crippen molar-refractivity contribution in [3.05, 3.63) is 53.8 Å². The summed E-state index contributed by atoms with van der Waals surface area (Å²) in [4.78, 5) is 49.8. The van der Waals surface area contributed by atoms with Gasteiger partial charge in [0.15, 0.2) is 0 Å². The minimum absolute atomic E-state index is 0.102. The fourth-order valence-electron chi connectivity index (χ4n) is 3.98. The number of amides is 3. The van der Waals surface area contributed by atoms with Crippen LogP contribution in [0.25, 0.3) is 11.1 Å². The van der Waals surface area contributed by atoms with Gasteiger partial charge >= 0.3 is 5.97 Å². The molecule has 1 saturated heterocycles. The lowest BCUT2D eigenvalue weighted by atomic mass is 10.0. The summed E-state index contributed by atoms with van der Waals surface area (Å²) in [6, 6.07) is 9.69. The van der Waals surface area contributed by atoms with Gasteiger partial charge in [-0.2, -0.15) is 0 Å². The van der Waals surface area contributed by atoms with E-state index in [-0.39, 0.29) is 24.4 Å². The van der Waals surface area contributed by atoms with Crippen LogP contribution in [0.4, 0.5) is 10.1 Å². The molecular formula is C22H20FN3O6. The van der Waals surface area contributed by atoms with Crippen LogP contribution >= 0.6 is 0 Å². The van der Waals surface area contributed by atoms with Gasteiger partial charge < -0.3 is 25.4 Å². The maximum Gasteiger partial charge on any atom is 0.329 e. The lowest BCUT2D eigenvalue weighted by Crippen LogP contribution is -2.41. The number of benzene rings is 2. The predicted octanol–water partition coefficient (Wildman–Crippen LogP) is 1.25. The molecule has 2 heterocycles. The van der Waals surface area contributed by atoms with Crippen LogP contribution in [0.1, 0.15) is 16.8 Å². The Morgan fingerprint density at radius 2 is 1.94 bits per heavy atom. The number of hydrogen-bond acceptors (Lipinski definition) is 5. The van der Waals surface area contributed by atoms with Gasteiger partial charge in [-0.15, -0.1) is 0 Å². The first-order valence-corrected chi connectivity index (χ1v) is 9.93. The zero-order chi connectivity index (χ0) is 22.8. The Bertz CT molecular complexity index is 1100. The number of rotatable bonds is 6. The van der Waals surface area contributed by atoms with Gasteiger partial charge in [0.05, 0.1) is 11.3 Å². The monoisotopic (exact) mass is 441 g/mol. The van der Waals surface area contributed by atoms with E-state index in [2.05, 4.69) is 10.6 Å². The Kier molecular flexibility index (Phi) is 5.87. The largest absolute Gasteiger partial charge is 0.480 e. The first-order chi connectivity index (χ1) is 15.3. The van der Waals surface area contributed by atoms with Crippen LogP contribution in [-0.2, 0) is 19.1 Å². The first kappa shape index (κ1) is 21.4. The molecule has 4 rings (SSSR count). The van der Waals surface area contributed by atoms with E-state index >= 15 is 0 Å². The molecule has 3 N–H and O–H groups in total. The number of anilines is 1. The molecule has 2 aromatic rings. The van der Waals surface area contributed by atoms with E-state index in [9.17, 15) is 23.6 Å². The van der Waals surface area contributed by atoms with Crippen molar-refractivity contribution >= 4 is 29.4 Å². The molecule has 0 bridgehead atoms. The topological polar surface area (TPSA) is 125 Å². The van der Waals surface area contributed by atoms with Gasteiger partial charge in [0, 0.05) is 18.2 Å². The van der Waals surface area contributed by atoms with Crippen molar-refractivity contribution in [3.63, 3.8) is 0 Å².